The Bertz CT molecular complexity index is 299. The van der Waals surface area contributed by atoms with Crippen LogP contribution in [0.1, 0.15) is 31.7 Å². The minimum atomic E-state index is 0. The molecule has 0 N–H and O–H groups in total. The van der Waals surface area contributed by atoms with E-state index in [2.05, 4.69) is 42.2 Å². The molecule has 1 atom stereocenters. The molecule has 1 unspecified atom stereocenters. The molecule has 1 aromatic carbocycles. The van der Waals surface area contributed by atoms with Gasteiger partial charge in [0.05, 0.1) is 0 Å². The van der Waals surface area contributed by atoms with Crippen molar-refractivity contribution in [2.75, 3.05) is 19.6 Å². The van der Waals surface area contributed by atoms with Crippen LogP contribution in [0.3, 0.4) is 0 Å². The van der Waals surface area contributed by atoms with Crippen molar-refractivity contribution in [2.24, 2.45) is 5.92 Å². The van der Waals surface area contributed by atoms with E-state index in [1.165, 1.54) is 50.9 Å². The van der Waals surface area contributed by atoms with Gasteiger partial charge in [-0.2, -0.15) is 0 Å². The molecule has 0 aromatic heterocycles. The van der Waals surface area contributed by atoms with Gasteiger partial charge in [-0.05, 0) is 50.3 Å². The molecule has 1 aliphatic rings. The average Bonchev–Trinajstić information content (AvgIpc) is 2.53. The molecule has 2 rings (SSSR count). The molecule has 1 aliphatic heterocycles. The summed E-state index contributed by atoms with van der Waals surface area (Å²) in [5, 5.41) is 0. The van der Waals surface area contributed by atoms with Gasteiger partial charge in [0.1, 0.15) is 0 Å². The zero-order valence-corrected chi connectivity index (χ0v) is 12.5. The summed E-state index contributed by atoms with van der Waals surface area (Å²) in [7, 11) is 0. The molecule has 1 saturated heterocycles. The van der Waals surface area contributed by atoms with Gasteiger partial charge in [0.25, 0.3) is 0 Å². The highest BCUT2D eigenvalue weighted by Gasteiger charge is 2.12. The van der Waals surface area contributed by atoms with Crippen LogP contribution in [0, 0.1) is 5.92 Å². The number of hydrogen-bond donors (Lipinski definition) is 0. The molecule has 96 valence electrons. The Morgan fingerprint density at radius 3 is 2.65 bits per heavy atom. The number of benzene rings is 1. The lowest BCUT2D eigenvalue weighted by molar-refractivity contribution is 0.285. The van der Waals surface area contributed by atoms with E-state index in [9.17, 15) is 0 Å². The SMILES string of the molecule is Br.CC1CCCN(CCc2ccccc2)CC1. The van der Waals surface area contributed by atoms with Crippen LogP contribution in [0.15, 0.2) is 30.3 Å². The van der Waals surface area contributed by atoms with E-state index in [4.69, 9.17) is 0 Å². The van der Waals surface area contributed by atoms with E-state index >= 15 is 0 Å². The Labute approximate surface area is 116 Å². The maximum Gasteiger partial charge on any atom is 0.00218 e. The van der Waals surface area contributed by atoms with Gasteiger partial charge in [0.2, 0.25) is 0 Å². The Kier molecular flexibility index (Phi) is 6.83. The van der Waals surface area contributed by atoms with Crippen LogP contribution in [0.2, 0.25) is 0 Å². The molecule has 0 bridgehead atoms. The van der Waals surface area contributed by atoms with Crippen molar-refractivity contribution >= 4 is 17.0 Å². The fourth-order valence-electron chi connectivity index (χ4n) is 2.48. The second-order valence-electron chi connectivity index (χ2n) is 5.11. The lowest BCUT2D eigenvalue weighted by Crippen LogP contribution is -2.27. The second-order valence-corrected chi connectivity index (χ2v) is 5.11. The predicted octanol–water partition coefficient (Wildman–Crippen LogP) is 3.93. The molecule has 2 heteroatoms. The Balaban J connectivity index is 0.00000144. The summed E-state index contributed by atoms with van der Waals surface area (Å²) in [6.07, 6.45) is 5.39. The molecule has 0 spiro atoms. The van der Waals surface area contributed by atoms with Gasteiger partial charge >= 0.3 is 0 Å². The molecule has 1 aromatic rings. The highest BCUT2D eigenvalue weighted by molar-refractivity contribution is 8.93. The molecule has 0 aliphatic carbocycles. The summed E-state index contributed by atoms with van der Waals surface area (Å²) in [6.45, 7) is 6.22. The Hall–Kier alpha value is -0.340. The van der Waals surface area contributed by atoms with Crippen LogP contribution in [0.5, 0.6) is 0 Å². The summed E-state index contributed by atoms with van der Waals surface area (Å²) in [5.74, 6) is 0.932. The average molecular weight is 298 g/mol. The number of rotatable bonds is 3. The van der Waals surface area contributed by atoms with E-state index in [1.54, 1.807) is 0 Å². The third-order valence-corrected chi connectivity index (χ3v) is 3.67. The van der Waals surface area contributed by atoms with Gasteiger partial charge in [0, 0.05) is 6.54 Å². The van der Waals surface area contributed by atoms with Crippen LogP contribution >= 0.6 is 17.0 Å². The van der Waals surface area contributed by atoms with Gasteiger partial charge in [-0.15, -0.1) is 17.0 Å². The summed E-state index contributed by atoms with van der Waals surface area (Å²) in [4.78, 5) is 2.64. The van der Waals surface area contributed by atoms with Crippen molar-refractivity contribution < 1.29 is 0 Å². The molecule has 0 saturated carbocycles. The Morgan fingerprint density at radius 2 is 1.88 bits per heavy atom. The molecule has 17 heavy (non-hydrogen) atoms. The number of hydrogen-bond acceptors (Lipinski definition) is 1. The van der Waals surface area contributed by atoms with Crippen molar-refractivity contribution in [2.45, 2.75) is 32.6 Å². The molecule has 1 nitrogen and oxygen atoms in total. The molecular weight excluding hydrogens is 274 g/mol. The quantitative estimate of drug-likeness (QED) is 0.817. The summed E-state index contributed by atoms with van der Waals surface area (Å²) < 4.78 is 0. The van der Waals surface area contributed by atoms with Crippen LogP contribution < -0.4 is 0 Å². The first-order chi connectivity index (χ1) is 7.84. The van der Waals surface area contributed by atoms with Gasteiger partial charge < -0.3 is 4.90 Å². The maximum atomic E-state index is 2.64. The first-order valence-electron chi connectivity index (χ1n) is 6.61. The zero-order chi connectivity index (χ0) is 11.2. The molecular formula is C15H24BrN. The largest absolute Gasteiger partial charge is 0.303 e. The van der Waals surface area contributed by atoms with E-state index in [0.29, 0.717) is 0 Å². The number of nitrogens with zero attached hydrogens (tertiary/aromatic N) is 1. The fourth-order valence-corrected chi connectivity index (χ4v) is 2.48. The summed E-state index contributed by atoms with van der Waals surface area (Å²) >= 11 is 0. The predicted molar refractivity (Wildman–Crippen MR) is 79.9 cm³/mol. The van der Waals surface area contributed by atoms with Gasteiger partial charge in [0.15, 0.2) is 0 Å². The topological polar surface area (TPSA) is 3.24 Å². The number of halogens is 1. The van der Waals surface area contributed by atoms with Crippen LogP contribution in [0.25, 0.3) is 0 Å². The lowest BCUT2D eigenvalue weighted by atomic mass is 10.0. The van der Waals surface area contributed by atoms with Crippen molar-refractivity contribution in [3.8, 4) is 0 Å². The van der Waals surface area contributed by atoms with Crippen molar-refractivity contribution in [1.29, 1.82) is 0 Å². The van der Waals surface area contributed by atoms with Crippen molar-refractivity contribution in [1.82, 2.24) is 4.90 Å². The minimum Gasteiger partial charge on any atom is -0.303 e. The van der Waals surface area contributed by atoms with Gasteiger partial charge in [-0.25, -0.2) is 0 Å². The highest BCUT2D eigenvalue weighted by atomic mass is 79.9. The molecule has 1 heterocycles. The summed E-state index contributed by atoms with van der Waals surface area (Å²) in [5.41, 5.74) is 1.47. The fraction of sp³-hybridized carbons (Fsp3) is 0.600. The molecule has 0 amide bonds. The molecule has 0 radical (unpaired) electrons. The van der Waals surface area contributed by atoms with E-state index in [1.807, 2.05) is 0 Å². The van der Waals surface area contributed by atoms with Gasteiger partial charge in [-0.3, -0.25) is 0 Å². The normalized spacial score (nSPS) is 21.6. The van der Waals surface area contributed by atoms with E-state index < -0.39 is 0 Å². The minimum absolute atomic E-state index is 0. The van der Waals surface area contributed by atoms with Crippen LogP contribution in [-0.4, -0.2) is 24.5 Å². The zero-order valence-electron chi connectivity index (χ0n) is 10.8. The van der Waals surface area contributed by atoms with Crippen LogP contribution in [0.4, 0.5) is 0 Å². The monoisotopic (exact) mass is 297 g/mol. The summed E-state index contributed by atoms with van der Waals surface area (Å²) in [6, 6.07) is 10.8. The first-order valence-corrected chi connectivity index (χ1v) is 6.61. The van der Waals surface area contributed by atoms with Crippen molar-refractivity contribution in [3.05, 3.63) is 35.9 Å². The van der Waals surface area contributed by atoms with Crippen LogP contribution in [-0.2, 0) is 6.42 Å². The third kappa shape index (κ3) is 5.22. The Morgan fingerprint density at radius 1 is 1.12 bits per heavy atom. The highest BCUT2D eigenvalue weighted by Crippen LogP contribution is 2.16. The lowest BCUT2D eigenvalue weighted by Gasteiger charge is -2.19. The number of likely N-dealkylation sites (tertiary alicyclic amines) is 1. The molecule has 1 fully saturated rings. The standard InChI is InChI=1S/C15H23N.BrH/c1-14-6-5-11-16(12-9-14)13-10-15-7-3-2-4-8-15;/h2-4,7-8,14H,5-6,9-13H2,1H3;1H. The smallest absolute Gasteiger partial charge is 0.00218 e. The van der Waals surface area contributed by atoms with Gasteiger partial charge in [-0.1, -0.05) is 37.3 Å². The maximum absolute atomic E-state index is 2.64. The second kappa shape index (κ2) is 7.88. The van der Waals surface area contributed by atoms with Crippen molar-refractivity contribution in [3.63, 3.8) is 0 Å². The van der Waals surface area contributed by atoms with E-state index in [0.717, 1.165) is 5.92 Å². The first kappa shape index (κ1) is 14.7. The third-order valence-electron chi connectivity index (χ3n) is 3.67. The van der Waals surface area contributed by atoms with E-state index in [-0.39, 0.29) is 17.0 Å².